The summed E-state index contributed by atoms with van der Waals surface area (Å²) in [6, 6.07) is 16.2. The normalized spacial score (nSPS) is 11.6. The maximum Gasteiger partial charge on any atom is 0.129 e. The van der Waals surface area contributed by atoms with E-state index in [1.54, 1.807) is 13.3 Å². The number of nitrogens with one attached hydrogen (secondary N) is 2. The Balaban J connectivity index is 1.47. The van der Waals surface area contributed by atoms with E-state index in [4.69, 9.17) is 14.5 Å². The topological polar surface area (TPSA) is 79.1 Å². The summed E-state index contributed by atoms with van der Waals surface area (Å²) in [6.45, 7) is 6.69. The smallest absolute Gasteiger partial charge is 0.129 e. The van der Waals surface area contributed by atoms with Gasteiger partial charge >= 0.3 is 0 Å². The van der Waals surface area contributed by atoms with Crippen LogP contribution in [-0.2, 0) is 11.3 Å². The van der Waals surface area contributed by atoms with Gasteiger partial charge in [-0.1, -0.05) is 0 Å². The molecule has 0 bridgehead atoms. The van der Waals surface area contributed by atoms with E-state index in [1.165, 1.54) is 0 Å². The van der Waals surface area contributed by atoms with Gasteiger partial charge in [-0.05, 0) is 61.9 Å². The van der Waals surface area contributed by atoms with Crippen molar-refractivity contribution in [2.45, 2.75) is 26.4 Å². The molecule has 2 aromatic carbocycles. The fourth-order valence-corrected chi connectivity index (χ4v) is 3.36. The van der Waals surface area contributed by atoms with Gasteiger partial charge in [-0.15, -0.1) is 0 Å². The first-order valence-electron chi connectivity index (χ1n) is 10.1. The number of nitrogens with zero attached hydrogens (tertiary/aromatic N) is 3. The second-order valence-corrected chi connectivity index (χ2v) is 7.52. The molecule has 0 aliphatic heterocycles. The van der Waals surface area contributed by atoms with Crippen LogP contribution in [0.1, 0.15) is 19.7 Å². The molecule has 0 aliphatic rings. The summed E-state index contributed by atoms with van der Waals surface area (Å²) < 4.78 is 11.3. The van der Waals surface area contributed by atoms with Crippen LogP contribution in [-0.4, -0.2) is 51.4 Å². The van der Waals surface area contributed by atoms with E-state index in [9.17, 15) is 0 Å². The molecule has 0 atom stereocenters. The molecular formula is C23H27N5O2. The number of hydrogen-bond donors (Lipinski definition) is 2. The van der Waals surface area contributed by atoms with Crippen LogP contribution >= 0.6 is 0 Å². The molecule has 0 radical (unpaired) electrons. The maximum absolute atomic E-state index is 6.04. The average Bonchev–Trinajstić information content (AvgIpc) is 3.41. The Kier molecular flexibility index (Phi) is 6.11. The van der Waals surface area contributed by atoms with E-state index in [1.807, 2.05) is 48.5 Å². The van der Waals surface area contributed by atoms with E-state index in [2.05, 4.69) is 33.9 Å². The van der Waals surface area contributed by atoms with Crippen LogP contribution in [0, 0.1) is 0 Å². The molecule has 0 saturated carbocycles. The number of aromatic amines is 2. The van der Waals surface area contributed by atoms with Gasteiger partial charge in [0.15, 0.2) is 0 Å². The lowest BCUT2D eigenvalue weighted by Crippen LogP contribution is -2.33. The van der Waals surface area contributed by atoms with Crippen molar-refractivity contribution in [2.75, 3.05) is 20.3 Å². The average molecular weight is 406 g/mol. The summed E-state index contributed by atoms with van der Waals surface area (Å²) in [6.07, 6.45) is 1.74. The summed E-state index contributed by atoms with van der Waals surface area (Å²) in [7, 11) is 1.73. The van der Waals surface area contributed by atoms with Crippen molar-refractivity contribution in [3.05, 3.63) is 60.6 Å². The Morgan fingerprint density at radius 2 is 1.83 bits per heavy atom. The third-order valence-corrected chi connectivity index (χ3v) is 5.07. The van der Waals surface area contributed by atoms with E-state index in [0.717, 1.165) is 52.7 Å². The standard InChI is InChI=1S/C23H27N5O2/c1-16(2)28(12-13-29-3)15-23-25-21-9-8-19(14-22(21)26-23)30-18-6-4-17(5-7-18)20-10-11-24-27-20/h4-11,14,16H,12-13,15H2,1-3H3,(H,24,27)(H,25,26). The number of methoxy groups -OCH3 is 1. The minimum Gasteiger partial charge on any atom is -0.457 e. The molecule has 0 saturated heterocycles. The highest BCUT2D eigenvalue weighted by atomic mass is 16.5. The van der Waals surface area contributed by atoms with Crippen molar-refractivity contribution >= 4 is 11.0 Å². The molecule has 4 aromatic rings. The summed E-state index contributed by atoms with van der Waals surface area (Å²) in [5.41, 5.74) is 3.94. The molecule has 4 rings (SSSR count). The van der Waals surface area contributed by atoms with Crippen LogP contribution in [0.3, 0.4) is 0 Å². The zero-order chi connectivity index (χ0) is 20.9. The third-order valence-electron chi connectivity index (χ3n) is 5.07. The predicted octanol–water partition coefficient (Wildman–Crippen LogP) is 4.60. The fraction of sp³-hybridized carbons (Fsp3) is 0.304. The predicted molar refractivity (Wildman–Crippen MR) is 118 cm³/mol. The van der Waals surface area contributed by atoms with Gasteiger partial charge in [0.2, 0.25) is 0 Å². The van der Waals surface area contributed by atoms with Crippen LogP contribution < -0.4 is 4.74 Å². The van der Waals surface area contributed by atoms with Gasteiger partial charge in [0.25, 0.3) is 0 Å². The van der Waals surface area contributed by atoms with Crippen molar-refractivity contribution in [3.8, 4) is 22.8 Å². The SMILES string of the molecule is COCCN(Cc1nc2ccc(Oc3ccc(-c4ccn[nH]4)cc3)cc2[nH]1)C(C)C. The van der Waals surface area contributed by atoms with E-state index in [-0.39, 0.29) is 0 Å². The second-order valence-electron chi connectivity index (χ2n) is 7.52. The van der Waals surface area contributed by atoms with Gasteiger partial charge in [0.1, 0.15) is 17.3 Å². The Hall–Kier alpha value is -3.16. The molecule has 7 nitrogen and oxygen atoms in total. The first-order chi connectivity index (χ1) is 14.6. The van der Waals surface area contributed by atoms with Crippen molar-refractivity contribution in [1.29, 1.82) is 0 Å². The van der Waals surface area contributed by atoms with Crippen molar-refractivity contribution in [2.24, 2.45) is 0 Å². The Morgan fingerprint density at radius 1 is 1.03 bits per heavy atom. The largest absolute Gasteiger partial charge is 0.457 e. The molecule has 0 aliphatic carbocycles. The molecule has 0 spiro atoms. The van der Waals surface area contributed by atoms with Gasteiger partial charge in [-0.2, -0.15) is 5.10 Å². The monoisotopic (exact) mass is 405 g/mol. The van der Waals surface area contributed by atoms with Crippen LogP contribution in [0.4, 0.5) is 0 Å². The third kappa shape index (κ3) is 4.69. The molecule has 0 unspecified atom stereocenters. The first-order valence-corrected chi connectivity index (χ1v) is 10.1. The van der Waals surface area contributed by atoms with Crippen molar-refractivity contribution < 1.29 is 9.47 Å². The molecule has 2 aromatic heterocycles. The van der Waals surface area contributed by atoms with Gasteiger partial charge in [0.05, 0.1) is 29.9 Å². The Labute approximate surface area is 176 Å². The first kappa shape index (κ1) is 20.1. The van der Waals surface area contributed by atoms with Gasteiger partial charge < -0.3 is 14.5 Å². The number of hydrogen-bond acceptors (Lipinski definition) is 5. The van der Waals surface area contributed by atoms with Crippen molar-refractivity contribution in [1.82, 2.24) is 25.1 Å². The number of rotatable bonds is 9. The molecule has 30 heavy (non-hydrogen) atoms. The minimum absolute atomic E-state index is 0.414. The summed E-state index contributed by atoms with van der Waals surface area (Å²) in [5, 5.41) is 6.95. The van der Waals surface area contributed by atoms with E-state index in [0.29, 0.717) is 12.6 Å². The summed E-state index contributed by atoms with van der Waals surface area (Å²) >= 11 is 0. The number of benzene rings is 2. The zero-order valence-corrected chi connectivity index (χ0v) is 17.6. The maximum atomic E-state index is 6.04. The molecule has 0 amide bonds. The van der Waals surface area contributed by atoms with Gasteiger partial charge in [-0.3, -0.25) is 10.00 Å². The quantitative estimate of drug-likeness (QED) is 0.425. The van der Waals surface area contributed by atoms with Crippen LogP contribution in [0.25, 0.3) is 22.3 Å². The number of fused-ring (bicyclic) bond motifs is 1. The molecular weight excluding hydrogens is 378 g/mol. The molecule has 2 heterocycles. The fourth-order valence-electron chi connectivity index (χ4n) is 3.36. The van der Waals surface area contributed by atoms with E-state index < -0.39 is 0 Å². The summed E-state index contributed by atoms with van der Waals surface area (Å²) in [5.74, 6) is 2.49. The highest BCUT2D eigenvalue weighted by molar-refractivity contribution is 5.77. The van der Waals surface area contributed by atoms with Gasteiger partial charge in [0, 0.05) is 32.0 Å². The minimum atomic E-state index is 0.414. The van der Waals surface area contributed by atoms with Crippen LogP contribution in [0.2, 0.25) is 0 Å². The molecule has 156 valence electrons. The van der Waals surface area contributed by atoms with E-state index >= 15 is 0 Å². The molecule has 0 fully saturated rings. The zero-order valence-electron chi connectivity index (χ0n) is 17.6. The number of aromatic nitrogens is 4. The second kappa shape index (κ2) is 9.11. The number of ether oxygens (including phenoxy) is 2. The lowest BCUT2D eigenvalue weighted by atomic mass is 10.1. The van der Waals surface area contributed by atoms with Crippen LogP contribution in [0.15, 0.2) is 54.7 Å². The lowest BCUT2D eigenvalue weighted by molar-refractivity contribution is 0.123. The highest BCUT2D eigenvalue weighted by Gasteiger charge is 2.13. The molecule has 2 N–H and O–H groups in total. The number of imidazole rings is 1. The Morgan fingerprint density at radius 3 is 2.53 bits per heavy atom. The van der Waals surface area contributed by atoms with Crippen LogP contribution in [0.5, 0.6) is 11.5 Å². The highest BCUT2D eigenvalue weighted by Crippen LogP contribution is 2.27. The lowest BCUT2D eigenvalue weighted by Gasteiger charge is -2.24. The number of H-pyrrole nitrogens is 2. The Bertz CT molecular complexity index is 1070. The van der Waals surface area contributed by atoms with Gasteiger partial charge in [-0.25, -0.2) is 4.98 Å². The summed E-state index contributed by atoms with van der Waals surface area (Å²) in [4.78, 5) is 10.5. The molecule has 7 heteroatoms. The van der Waals surface area contributed by atoms with Crippen molar-refractivity contribution in [3.63, 3.8) is 0 Å².